The average Bonchev–Trinajstić information content (AvgIpc) is 2.83. The van der Waals surface area contributed by atoms with Crippen molar-refractivity contribution in [2.24, 2.45) is 0 Å². The van der Waals surface area contributed by atoms with Gasteiger partial charge in [0, 0.05) is 13.0 Å². The third kappa shape index (κ3) is 19.4. The van der Waals surface area contributed by atoms with Gasteiger partial charge in [0.15, 0.2) is 0 Å². The van der Waals surface area contributed by atoms with Crippen molar-refractivity contribution in [3.63, 3.8) is 0 Å². The van der Waals surface area contributed by atoms with E-state index < -0.39 is 45.0 Å². The summed E-state index contributed by atoms with van der Waals surface area (Å²) in [6, 6.07) is 0. The Morgan fingerprint density at radius 1 is 0.732 bits per heavy atom. The molecule has 0 amide bonds. The Morgan fingerprint density at radius 3 is 1.59 bits per heavy atom. The van der Waals surface area contributed by atoms with E-state index in [1.165, 1.54) is 0 Å². The average molecular weight is 637 g/mol. The Hall–Kier alpha value is -0.500. The summed E-state index contributed by atoms with van der Waals surface area (Å²) < 4.78 is 116. The number of phosphoric ester groups is 1. The molecule has 248 valence electrons. The number of hydrogen-bond donors (Lipinski definition) is 2. The third-order valence-corrected chi connectivity index (χ3v) is 7.47. The minimum atomic E-state index is -6.26. The summed E-state index contributed by atoms with van der Waals surface area (Å²) in [6.07, 6.45) is 1.10. The predicted molar refractivity (Wildman–Crippen MR) is 142 cm³/mol. The molecule has 0 radical (unpaired) electrons. The Bertz CT molecular complexity index is 723. The van der Waals surface area contributed by atoms with Crippen LogP contribution in [0.4, 0.5) is 30.7 Å². The molecule has 0 saturated carbocycles. The minimum absolute atomic E-state index is 0.0276. The van der Waals surface area contributed by atoms with Crippen molar-refractivity contribution < 1.29 is 63.6 Å². The van der Waals surface area contributed by atoms with E-state index in [0.29, 0.717) is 24.1 Å². The van der Waals surface area contributed by atoms with E-state index in [1.54, 1.807) is 0 Å². The highest BCUT2D eigenvalue weighted by atomic mass is 31.2. The highest BCUT2D eigenvalue weighted by Crippen LogP contribution is 2.48. The van der Waals surface area contributed by atoms with Crippen LogP contribution in [0.3, 0.4) is 0 Å². The molecule has 0 rings (SSSR count). The fourth-order valence-corrected chi connectivity index (χ4v) is 4.72. The lowest BCUT2D eigenvalue weighted by molar-refractivity contribution is -0.870. The summed E-state index contributed by atoms with van der Waals surface area (Å²) >= 11 is 0. The molecule has 0 aliphatic rings. The van der Waals surface area contributed by atoms with Gasteiger partial charge in [-0.05, 0) is 12.8 Å². The van der Waals surface area contributed by atoms with E-state index in [-0.39, 0.29) is 26.1 Å². The normalized spacial score (nSPS) is 15.7. The Balaban J connectivity index is 3.66. The highest BCUT2D eigenvalue weighted by molar-refractivity contribution is 7.47. The standard InChI is InChI=1S/C26H49F7NO6P/c1-34(2,3)18-20-39-41(36,37)40-23(21-35)22-38-19-16-14-12-10-8-6-4-5-7-9-11-13-15-17-24(27,28)25(29,30)26(31,32)33/h23,35H,4-22H2,1-3H3/p+1/t23-/m0/s1. The van der Waals surface area contributed by atoms with Crippen molar-refractivity contribution in [3.05, 3.63) is 0 Å². The molecule has 1 unspecified atom stereocenters. The summed E-state index contributed by atoms with van der Waals surface area (Å²) in [4.78, 5) is 9.78. The van der Waals surface area contributed by atoms with Crippen molar-refractivity contribution in [1.29, 1.82) is 0 Å². The molecule has 0 bridgehead atoms. The predicted octanol–water partition coefficient (Wildman–Crippen LogP) is 7.50. The molecule has 41 heavy (non-hydrogen) atoms. The second-order valence-electron chi connectivity index (χ2n) is 11.4. The van der Waals surface area contributed by atoms with Crippen molar-refractivity contribution in [1.82, 2.24) is 0 Å². The zero-order valence-electron chi connectivity index (χ0n) is 24.6. The van der Waals surface area contributed by atoms with Gasteiger partial charge >= 0.3 is 25.8 Å². The maximum atomic E-state index is 13.2. The number of ether oxygens (including phenoxy) is 1. The van der Waals surface area contributed by atoms with Crippen molar-refractivity contribution in [2.75, 3.05) is 54.1 Å². The van der Waals surface area contributed by atoms with Gasteiger partial charge in [0.1, 0.15) is 19.3 Å². The molecule has 0 aromatic carbocycles. The monoisotopic (exact) mass is 636 g/mol. The lowest BCUT2D eigenvalue weighted by Gasteiger charge is -2.28. The molecule has 15 heteroatoms. The largest absolute Gasteiger partial charge is 0.472 e. The first kappa shape index (κ1) is 40.5. The summed E-state index contributed by atoms with van der Waals surface area (Å²) in [5.74, 6) is -11.1. The van der Waals surface area contributed by atoms with Crippen molar-refractivity contribution in [3.8, 4) is 0 Å². The number of halogens is 7. The van der Waals surface area contributed by atoms with Gasteiger partial charge < -0.3 is 19.2 Å². The number of hydrogen-bond acceptors (Lipinski definition) is 5. The first-order chi connectivity index (χ1) is 18.8. The highest BCUT2D eigenvalue weighted by Gasteiger charge is 2.72. The fraction of sp³-hybridized carbons (Fsp3) is 1.00. The van der Waals surface area contributed by atoms with Crippen LogP contribution < -0.4 is 0 Å². The third-order valence-electron chi connectivity index (χ3n) is 6.40. The molecule has 0 saturated heterocycles. The maximum absolute atomic E-state index is 13.2. The minimum Gasteiger partial charge on any atom is -0.394 e. The van der Waals surface area contributed by atoms with Gasteiger partial charge in [0.25, 0.3) is 0 Å². The maximum Gasteiger partial charge on any atom is 0.472 e. The number of nitrogens with zero attached hydrogens (tertiary/aromatic N) is 1. The van der Waals surface area contributed by atoms with E-state index in [0.717, 1.165) is 64.2 Å². The van der Waals surface area contributed by atoms with E-state index in [9.17, 15) is 45.3 Å². The van der Waals surface area contributed by atoms with Gasteiger partial charge in [-0.25, -0.2) is 4.57 Å². The van der Waals surface area contributed by atoms with Crippen molar-refractivity contribution >= 4 is 7.82 Å². The van der Waals surface area contributed by atoms with Crippen LogP contribution >= 0.6 is 7.82 Å². The van der Waals surface area contributed by atoms with Gasteiger partial charge in [-0.2, -0.15) is 30.7 Å². The lowest BCUT2D eigenvalue weighted by atomic mass is 10.0. The zero-order chi connectivity index (χ0) is 31.6. The number of phosphoric acid groups is 1. The second kappa shape index (κ2) is 19.7. The van der Waals surface area contributed by atoms with E-state index in [2.05, 4.69) is 0 Å². The van der Waals surface area contributed by atoms with Crippen LogP contribution in [0.15, 0.2) is 0 Å². The molecule has 0 aliphatic heterocycles. The lowest BCUT2D eigenvalue weighted by Crippen LogP contribution is -2.51. The van der Waals surface area contributed by atoms with Crippen LogP contribution in [0.25, 0.3) is 0 Å². The zero-order valence-corrected chi connectivity index (χ0v) is 25.5. The molecule has 2 atom stereocenters. The molecule has 0 fully saturated rings. The molecular formula is C26H50F7NO6P+. The molecule has 0 aromatic rings. The van der Waals surface area contributed by atoms with Crippen LogP contribution in [0.1, 0.15) is 89.9 Å². The molecule has 0 aromatic heterocycles. The summed E-state index contributed by atoms with van der Waals surface area (Å²) in [7, 11) is 1.46. The van der Waals surface area contributed by atoms with Crippen LogP contribution in [0.2, 0.25) is 0 Å². The molecule has 7 nitrogen and oxygen atoms in total. The van der Waals surface area contributed by atoms with Gasteiger partial charge in [-0.3, -0.25) is 9.05 Å². The van der Waals surface area contributed by atoms with Crippen LogP contribution in [0, 0.1) is 0 Å². The van der Waals surface area contributed by atoms with Gasteiger partial charge in [0.2, 0.25) is 0 Å². The molecular weight excluding hydrogens is 586 g/mol. The van der Waals surface area contributed by atoms with E-state index in [1.807, 2.05) is 21.1 Å². The summed E-state index contributed by atoms with van der Waals surface area (Å²) in [5.41, 5.74) is 0. The number of aliphatic hydroxyl groups is 1. The summed E-state index contributed by atoms with van der Waals surface area (Å²) in [5, 5.41) is 9.37. The van der Waals surface area contributed by atoms with E-state index >= 15 is 0 Å². The quantitative estimate of drug-likeness (QED) is 0.0443. The number of likely N-dealkylation sites (N-methyl/N-ethyl adjacent to an activating group) is 1. The summed E-state index contributed by atoms with van der Waals surface area (Å²) in [6.45, 7) is 0.475. The molecule has 0 aliphatic carbocycles. The molecule has 0 spiro atoms. The smallest absolute Gasteiger partial charge is 0.394 e. The molecule has 2 N–H and O–H groups in total. The topological polar surface area (TPSA) is 85.2 Å². The number of aliphatic hydroxyl groups excluding tert-OH is 1. The SMILES string of the molecule is C[N+](C)(C)CCOP(=O)(O)O[C@@H](CO)COCCCCCCCCCCCCCCCC(F)(F)C(F)(F)C(F)(F)F. The van der Waals surface area contributed by atoms with Gasteiger partial charge in [-0.1, -0.05) is 70.6 Å². The van der Waals surface area contributed by atoms with Crippen LogP contribution in [-0.2, 0) is 18.3 Å². The van der Waals surface area contributed by atoms with Crippen molar-refractivity contribution in [2.45, 2.75) is 114 Å². The second-order valence-corrected chi connectivity index (χ2v) is 12.8. The Labute approximate surface area is 239 Å². The fourth-order valence-electron chi connectivity index (χ4n) is 3.84. The molecule has 0 heterocycles. The first-order valence-corrected chi connectivity index (χ1v) is 15.8. The number of quaternary nitrogens is 1. The first-order valence-electron chi connectivity index (χ1n) is 14.3. The number of rotatable bonds is 26. The number of alkyl halides is 7. The van der Waals surface area contributed by atoms with Gasteiger partial charge in [0.05, 0.1) is 34.4 Å². The van der Waals surface area contributed by atoms with Gasteiger partial charge in [-0.15, -0.1) is 0 Å². The number of unbranched alkanes of at least 4 members (excludes halogenated alkanes) is 12. The van der Waals surface area contributed by atoms with E-state index in [4.69, 9.17) is 13.8 Å². The Kier molecular flexibility index (Phi) is 19.5. The van der Waals surface area contributed by atoms with Crippen LogP contribution in [-0.4, -0.2) is 92.7 Å². The van der Waals surface area contributed by atoms with Crippen LogP contribution in [0.5, 0.6) is 0 Å². The Morgan fingerprint density at radius 2 is 1.17 bits per heavy atom.